The first kappa shape index (κ1) is 11.1. The summed E-state index contributed by atoms with van der Waals surface area (Å²) in [6.45, 7) is 0.603. The molecule has 0 bridgehead atoms. The quantitative estimate of drug-likeness (QED) is 0.642. The molecule has 0 atom stereocenters. The van der Waals surface area contributed by atoms with E-state index in [4.69, 9.17) is 21.1 Å². The highest BCUT2D eigenvalue weighted by Crippen LogP contribution is 2.31. The van der Waals surface area contributed by atoms with Gasteiger partial charge in [0.25, 0.3) is 0 Å². The van der Waals surface area contributed by atoms with Crippen molar-refractivity contribution in [2.45, 2.75) is 6.42 Å². The maximum atomic E-state index is 5.62. The predicted octanol–water partition coefficient (Wildman–Crippen LogP) is 3.18. The van der Waals surface area contributed by atoms with E-state index in [1.54, 1.807) is 7.11 Å². The molecule has 0 radical (unpaired) electrons. The lowest BCUT2D eigenvalue weighted by molar-refractivity contribution is 0.295. The third kappa shape index (κ3) is 2.25. The van der Waals surface area contributed by atoms with E-state index in [0.717, 1.165) is 28.8 Å². The zero-order chi connectivity index (χ0) is 11.4. The maximum absolute atomic E-state index is 5.62. The van der Waals surface area contributed by atoms with Gasteiger partial charge >= 0.3 is 0 Å². The summed E-state index contributed by atoms with van der Waals surface area (Å²) in [7, 11) is 1.64. The van der Waals surface area contributed by atoms with Gasteiger partial charge in [-0.05, 0) is 18.6 Å². The van der Waals surface area contributed by atoms with Crippen LogP contribution in [0, 0.1) is 0 Å². The number of fused-ring (bicyclic) bond motifs is 1. The smallest absolute Gasteiger partial charge is 0.163 e. The van der Waals surface area contributed by atoms with Gasteiger partial charge in [0.05, 0.1) is 13.7 Å². The van der Waals surface area contributed by atoms with Gasteiger partial charge < -0.3 is 14.5 Å². The maximum Gasteiger partial charge on any atom is 0.163 e. The molecule has 0 aliphatic heterocycles. The number of nitrogens with one attached hydrogen (secondary N) is 1. The van der Waals surface area contributed by atoms with Gasteiger partial charge in [0.15, 0.2) is 11.5 Å². The second kappa shape index (κ2) is 5.12. The van der Waals surface area contributed by atoms with Crippen LogP contribution >= 0.6 is 11.6 Å². The summed E-state index contributed by atoms with van der Waals surface area (Å²) in [5.41, 5.74) is 1.04. The lowest BCUT2D eigenvalue weighted by Crippen LogP contribution is -1.99. The third-order valence-electron chi connectivity index (χ3n) is 2.37. The fourth-order valence-corrected chi connectivity index (χ4v) is 1.68. The largest absolute Gasteiger partial charge is 0.493 e. The average molecular weight is 240 g/mol. The monoisotopic (exact) mass is 239 g/mol. The van der Waals surface area contributed by atoms with Crippen LogP contribution in [-0.4, -0.2) is 24.6 Å². The Kier molecular flexibility index (Phi) is 3.57. The van der Waals surface area contributed by atoms with Crippen LogP contribution < -0.4 is 9.47 Å². The van der Waals surface area contributed by atoms with E-state index in [2.05, 4.69) is 4.98 Å². The van der Waals surface area contributed by atoms with Crippen LogP contribution in [0.4, 0.5) is 0 Å². The Morgan fingerprint density at radius 1 is 1.31 bits per heavy atom. The fraction of sp³-hybridized carbons (Fsp3) is 0.333. The lowest BCUT2D eigenvalue weighted by atomic mass is 10.2. The fourth-order valence-electron chi connectivity index (χ4n) is 1.57. The van der Waals surface area contributed by atoms with E-state index in [0.29, 0.717) is 12.5 Å². The zero-order valence-electron chi connectivity index (χ0n) is 9.13. The summed E-state index contributed by atoms with van der Waals surface area (Å²) in [4.78, 5) is 3.14. The Morgan fingerprint density at radius 3 is 2.94 bits per heavy atom. The van der Waals surface area contributed by atoms with Crippen molar-refractivity contribution in [3.05, 3.63) is 24.4 Å². The number of hydrogen-bond donors (Lipinski definition) is 1. The molecule has 1 heterocycles. The molecule has 0 saturated carbocycles. The van der Waals surface area contributed by atoms with E-state index < -0.39 is 0 Å². The van der Waals surface area contributed by atoms with Gasteiger partial charge in [0, 0.05) is 29.0 Å². The molecule has 2 aromatic rings. The minimum Gasteiger partial charge on any atom is -0.493 e. The molecule has 2 rings (SSSR count). The van der Waals surface area contributed by atoms with Crippen LogP contribution in [0.5, 0.6) is 11.5 Å². The minimum absolute atomic E-state index is 0.603. The number of H-pyrrole nitrogens is 1. The van der Waals surface area contributed by atoms with Gasteiger partial charge in [0.2, 0.25) is 0 Å². The Hall–Kier alpha value is -1.35. The first-order valence-electron chi connectivity index (χ1n) is 5.19. The van der Waals surface area contributed by atoms with Crippen molar-refractivity contribution >= 4 is 22.5 Å². The molecule has 0 unspecified atom stereocenters. The average Bonchev–Trinajstić information content (AvgIpc) is 2.75. The molecular weight excluding hydrogens is 226 g/mol. The number of alkyl halides is 1. The number of aromatic nitrogens is 1. The highest BCUT2D eigenvalue weighted by atomic mass is 35.5. The van der Waals surface area contributed by atoms with Gasteiger partial charge in [-0.25, -0.2) is 0 Å². The summed E-state index contributed by atoms with van der Waals surface area (Å²) in [5.74, 6) is 2.11. The molecule has 16 heavy (non-hydrogen) atoms. The van der Waals surface area contributed by atoms with Crippen LogP contribution in [0.15, 0.2) is 24.4 Å². The van der Waals surface area contributed by atoms with Crippen molar-refractivity contribution in [1.29, 1.82) is 0 Å². The second-order valence-corrected chi connectivity index (χ2v) is 3.84. The second-order valence-electron chi connectivity index (χ2n) is 3.46. The third-order valence-corrected chi connectivity index (χ3v) is 2.64. The molecule has 4 heteroatoms. The van der Waals surface area contributed by atoms with Crippen molar-refractivity contribution in [2.24, 2.45) is 0 Å². The van der Waals surface area contributed by atoms with Crippen molar-refractivity contribution in [2.75, 3.05) is 19.6 Å². The highest BCUT2D eigenvalue weighted by molar-refractivity contribution is 6.17. The molecule has 0 spiro atoms. The Labute approximate surface area is 99.3 Å². The van der Waals surface area contributed by atoms with Crippen LogP contribution in [0.1, 0.15) is 6.42 Å². The van der Waals surface area contributed by atoms with Gasteiger partial charge in [-0.2, -0.15) is 0 Å². The Balaban J connectivity index is 2.26. The van der Waals surface area contributed by atoms with E-state index in [9.17, 15) is 0 Å². The van der Waals surface area contributed by atoms with Crippen LogP contribution in [0.25, 0.3) is 10.9 Å². The molecule has 0 aliphatic rings. The zero-order valence-corrected chi connectivity index (χ0v) is 9.88. The summed E-state index contributed by atoms with van der Waals surface area (Å²) >= 11 is 5.60. The molecule has 1 aromatic carbocycles. The topological polar surface area (TPSA) is 34.2 Å². The van der Waals surface area contributed by atoms with Crippen molar-refractivity contribution in [3.8, 4) is 11.5 Å². The molecule has 0 saturated heterocycles. The highest BCUT2D eigenvalue weighted by Gasteiger charge is 2.07. The molecule has 86 valence electrons. The van der Waals surface area contributed by atoms with Crippen LogP contribution in [0.3, 0.4) is 0 Å². The number of ether oxygens (including phenoxy) is 2. The number of rotatable bonds is 5. The van der Waals surface area contributed by atoms with E-state index in [-0.39, 0.29) is 0 Å². The van der Waals surface area contributed by atoms with Crippen molar-refractivity contribution in [1.82, 2.24) is 4.98 Å². The minimum atomic E-state index is 0.603. The van der Waals surface area contributed by atoms with Crippen LogP contribution in [0.2, 0.25) is 0 Å². The molecule has 0 fully saturated rings. The molecular formula is C12H14ClNO2. The summed E-state index contributed by atoms with van der Waals surface area (Å²) in [6.07, 6.45) is 2.72. The molecule has 0 aliphatic carbocycles. The summed E-state index contributed by atoms with van der Waals surface area (Å²) in [6, 6.07) is 5.91. The number of methoxy groups -OCH3 is 1. The number of benzene rings is 1. The van der Waals surface area contributed by atoms with Gasteiger partial charge in [-0.3, -0.25) is 0 Å². The first-order valence-corrected chi connectivity index (χ1v) is 5.72. The van der Waals surface area contributed by atoms with Gasteiger partial charge in [-0.15, -0.1) is 11.6 Å². The van der Waals surface area contributed by atoms with E-state index >= 15 is 0 Å². The molecule has 1 aromatic heterocycles. The van der Waals surface area contributed by atoms with Gasteiger partial charge in [-0.1, -0.05) is 0 Å². The van der Waals surface area contributed by atoms with E-state index in [1.807, 2.05) is 24.4 Å². The van der Waals surface area contributed by atoms with Crippen molar-refractivity contribution < 1.29 is 9.47 Å². The number of aromatic amines is 1. The van der Waals surface area contributed by atoms with E-state index in [1.165, 1.54) is 0 Å². The Bertz CT molecular complexity index is 467. The van der Waals surface area contributed by atoms with Crippen LogP contribution in [-0.2, 0) is 0 Å². The predicted molar refractivity (Wildman–Crippen MR) is 65.7 cm³/mol. The molecule has 3 nitrogen and oxygen atoms in total. The van der Waals surface area contributed by atoms with Crippen molar-refractivity contribution in [3.63, 3.8) is 0 Å². The summed E-state index contributed by atoms with van der Waals surface area (Å²) in [5, 5.41) is 1.11. The first-order chi connectivity index (χ1) is 7.85. The Morgan fingerprint density at radius 2 is 2.19 bits per heavy atom. The molecule has 0 amide bonds. The number of hydrogen-bond acceptors (Lipinski definition) is 2. The molecule has 1 N–H and O–H groups in total. The summed E-state index contributed by atoms with van der Waals surface area (Å²) < 4.78 is 10.9. The van der Waals surface area contributed by atoms with Gasteiger partial charge in [0.1, 0.15) is 0 Å². The SMILES string of the molecule is COc1cc2cc[nH]c2cc1OCCCCl. The standard InChI is InChI=1S/C12H14ClNO2/c1-15-11-7-9-3-5-14-10(9)8-12(11)16-6-2-4-13/h3,5,7-8,14H,2,4,6H2,1H3. The number of halogens is 1. The normalized spacial score (nSPS) is 10.6. The lowest BCUT2D eigenvalue weighted by Gasteiger charge is -2.10.